The lowest BCUT2D eigenvalue weighted by Gasteiger charge is -1.65. The molecule has 2 aromatic heterocycles. The first-order chi connectivity index (χ1) is 5.79. The Labute approximate surface area is 73.2 Å². The molecular weight excluding hydrogens is 178 g/mol. The first-order valence-corrected chi connectivity index (χ1v) is 3.39. The molecule has 2 aromatic rings. The van der Waals surface area contributed by atoms with Gasteiger partial charge >= 0.3 is 0 Å². The van der Waals surface area contributed by atoms with Gasteiger partial charge in [-0.3, -0.25) is 10.2 Å². The molecule has 0 amide bonds. The van der Waals surface area contributed by atoms with Crippen LogP contribution in [0.4, 0.5) is 5.95 Å². The number of hydrogen-bond acceptors (Lipinski definition) is 6. The lowest BCUT2D eigenvalue weighted by Crippen LogP contribution is -1.84. The molecule has 0 aliphatic heterocycles. The molecular formula is C4H7N7S. The second kappa shape index (κ2) is 4.34. The van der Waals surface area contributed by atoms with Crippen molar-refractivity contribution in [1.82, 2.24) is 30.4 Å². The molecule has 0 radical (unpaired) electrons. The van der Waals surface area contributed by atoms with Crippen LogP contribution in [-0.4, -0.2) is 30.4 Å². The predicted octanol–water partition coefficient (Wildman–Crippen LogP) is -0.520. The summed E-state index contributed by atoms with van der Waals surface area (Å²) < 4.78 is 0. The number of nitrogens with zero attached hydrogens (tertiary/aromatic N) is 4. The molecule has 64 valence electrons. The number of nitrogens with one attached hydrogen (secondary N) is 2. The number of rotatable bonds is 0. The lowest BCUT2D eigenvalue weighted by molar-refractivity contribution is 0.980. The zero-order valence-corrected chi connectivity index (χ0v) is 6.86. The molecule has 7 nitrogen and oxygen atoms in total. The number of thiol groups is 1. The first-order valence-electron chi connectivity index (χ1n) is 2.95. The fourth-order valence-corrected chi connectivity index (χ4v) is 0.536. The summed E-state index contributed by atoms with van der Waals surface area (Å²) in [5.41, 5.74) is 5.02. The van der Waals surface area contributed by atoms with Crippen molar-refractivity contribution < 1.29 is 0 Å². The zero-order valence-electron chi connectivity index (χ0n) is 5.97. The maximum Gasteiger partial charge on any atom is 0.239 e. The molecule has 0 aliphatic carbocycles. The summed E-state index contributed by atoms with van der Waals surface area (Å²) in [6, 6.07) is 0. The van der Waals surface area contributed by atoms with E-state index in [4.69, 9.17) is 5.73 Å². The van der Waals surface area contributed by atoms with Gasteiger partial charge < -0.3 is 5.73 Å². The number of nitrogen functional groups attached to an aromatic ring is 1. The van der Waals surface area contributed by atoms with Gasteiger partial charge in [-0.2, -0.15) is 0 Å². The van der Waals surface area contributed by atoms with Crippen molar-refractivity contribution in [3.8, 4) is 0 Å². The molecule has 0 aromatic carbocycles. The van der Waals surface area contributed by atoms with E-state index in [2.05, 4.69) is 43.0 Å². The van der Waals surface area contributed by atoms with E-state index in [1.54, 1.807) is 0 Å². The molecule has 0 unspecified atom stereocenters. The Hall–Kier alpha value is -1.57. The maximum atomic E-state index is 5.02. The molecule has 4 N–H and O–H groups in total. The summed E-state index contributed by atoms with van der Waals surface area (Å²) in [5.74, 6) is 0.287. The Morgan fingerprint density at radius 1 is 1.17 bits per heavy atom. The highest BCUT2D eigenvalue weighted by Crippen LogP contribution is 1.86. The van der Waals surface area contributed by atoms with Crippen LogP contribution in [0.15, 0.2) is 17.8 Å². The van der Waals surface area contributed by atoms with Crippen molar-refractivity contribution in [2.45, 2.75) is 5.16 Å². The molecule has 0 bridgehead atoms. The third-order valence-electron chi connectivity index (χ3n) is 0.836. The second-order valence-electron chi connectivity index (χ2n) is 1.66. The van der Waals surface area contributed by atoms with Crippen LogP contribution < -0.4 is 5.73 Å². The molecule has 0 atom stereocenters. The van der Waals surface area contributed by atoms with Gasteiger partial charge in [0, 0.05) is 0 Å². The van der Waals surface area contributed by atoms with E-state index in [-0.39, 0.29) is 5.95 Å². The van der Waals surface area contributed by atoms with Gasteiger partial charge in [-0.25, -0.2) is 9.97 Å². The van der Waals surface area contributed by atoms with Crippen molar-refractivity contribution >= 4 is 18.6 Å². The lowest BCUT2D eigenvalue weighted by atomic mass is 11.1. The van der Waals surface area contributed by atoms with Crippen LogP contribution in [-0.2, 0) is 0 Å². The average molecular weight is 185 g/mol. The van der Waals surface area contributed by atoms with Gasteiger partial charge in [0.25, 0.3) is 0 Å². The maximum absolute atomic E-state index is 5.02. The quantitative estimate of drug-likeness (QED) is 0.413. The molecule has 0 saturated heterocycles. The van der Waals surface area contributed by atoms with Crippen LogP contribution >= 0.6 is 12.6 Å². The predicted molar refractivity (Wildman–Crippen MR) is 44.4 cm³/mol. The van der Waals surface area contributed by atoms with Crippen LogP contribution in [0.25, 0.3) is 0 Å². The number of H-pyrrole nitrogens is 2. The van der Waals surface area contributed by atoms with E-state index in [1.165, 1.54) is 12.7 Å². The Balaban J connectivity index is 0.000000120. The average Bonchev–Trinajstić information content (AvgIpc) is 2.63. The van der Waals surface area contributed by atoms with E-state index in [9.17, 15) is 0 Å². The minimum Gasteiger partial charge on any atom is -0.367 e. The van der Waals surface area contributed by atoms with Crippen molar-refractivity contribution in [2.24, 2.45) is 0 Å². The third-order valence-corrected chi connectivity index (χ3v) is 1.05. The van der Waals surface area contributed by atoms with Gasteiger partial charge in [-0.1, -0.05) is 0 Å². The number of hydrogen-bond donors (Lipinski definition) is 4. The molecule has 0 aliphatic rings. The van der Waals surface area contributed by atoms with Crippen LogP contribution in [0.5, 0.6) is 0 Å². The normalized spacial score (nSPS) is 8.75. The summed E-state index contributed by atoms with van der Waals surface area (Å²) in [4.78, 5) is 7.14. The molecule has 0 spiro atoms. The van der Waals surface area contributed by atoms with Gasteiger partial charge in [0.05, 0.1) is 0 Å². The molecule has 0 saturated carbocycles. The molecule has 2 rings (SSSR count). The van der Waals surface area contributed by atoms with Gasteiger partial charge in [-0.05, 0) is 0 Å². The number of aromatic amines is 2. The van der Waals surface area contributed by atoms with Gasteiger partial charge in [-0.15, -0.1) is 22.8 Å². The molecule has 0 fully saturated rings. The largest absolute Gasteiger partial charge is 0.367 e. The number of nitrogens with two attached hydrogens (primary N) is 1. The summed E-state index contributed by atoms with van der Waals surface area (Å²) in [5, 5.41) is 12.4. The van der Waals surface area contributed by atoms with E-state index >= 15 is 0 Å². The first kappa shape index (κ1) is 8.53. The highest BCUT2D eigenvalue weighted by Gasteiger charge is 1.78. The van der Waals surface area contributed by atoms with Crippen LogP contribution in [0.3, 0.4) is 0 Å². The van der Waals surface area contributed by atoms with E-state index in [0.717, 1.165) is 0 Å². The van der Waals surface area contributed by atoms with E-state index in [0.29, 0.717) is 5.16 Å². The van der Waals surface area contributed by atoms with Crippen LogP contribution in [0.2, 0.25) is 0 Å². The Morgan fingerprint density at radius 3 is 2.00 bits per heavy atom. The number of aromatic nitrogens is 6. The second-order valence-corrected chi connectivity index (χ2v) is 2.06. The van der Waals surface area contributed by atoms with Gasteiger partial charge in [0.15, 0.2) is 0 Å². The zero-order chi connectivity index (χ0) is 8.81. The van der Waals surface area contributed by atoms with Crippen LogP contribution in [0, 0.1) is 0 Å². The standard InChI is InChI=1S/C2H4N4.C2H3N3S/c3-2-4-1-5-6-2;6-2-3-1-4-5-2/h1H,(H3,3,4,5,6);1H,(H2,3,4,5,6). The Bertz CT molecular complexity index is 255. The summed E-state index contributed by atoms with van der Waals surface area (Å²) >= 11 is 3.78. The smallest absolute Gasteiger partial charge is 0.239 e. The van der Waals surface area contributed by atoms with E-state index < -0.39 is 0 Å². The fraction of sp³-hybridized carbons (Fsp3) is 0. The van der Waals surface area contributed by atoms with Gasteiger partial charge in [0.1, 0.15) is 12.7 Å². The highest BCUT2D eigenvalue weighted by atomic mass is 32.1. The molecule has 2 heterocycles. The Kier molecular flexibility index (Phi) is 3.08. The highest BCUT2D eigenvalue weighted by molar-refractivity contribution is 7.80. The van der Waals surface area contributed by atoms with Crippen molar-refractivity contribution in [2.75, 3.05) is 5.73 Å². The third kappa shape index (κ3) is 3.01. The number of anilines is 1. The SMILES string of the molecule is Nc1nc[nH]n1.Sc1nc[nH]n1. The van der Waals surface area contributed by atoms with Crippen molar-refractivity contribution in [1.29, 1.82) is 0 Å². The monoisotopic (exact) mass is 185 g/mol. The summed E-state index contributed by atoms with van der Waals surface area (Å²) in [6.45, 7) is 0. The Morgan fingerprint density at radius 2 is 1.83 bits per heavy atom. The minimum absolute atomic E-state index is 0.287. The fourth-order valence-electron chi connectivity index (χ4n) is 0.421. The van der Waals surface area contributed by atoms with Gasteiger partial charge in [0.2, 0.25) is 11.1 Å². The molecule has 12 heavy (non-hydrogen) atoms. The summed E-state index contributed by atoms with van der Waals surface area (Å²) in [7, 11) is 0. The van der Waals surface area contributed by atoms with Crippen molar-refractivity contribution in [3.05, 3.63) is 12.7 Å². The summed E-state index contributed by atoms with van der Waals surface area (Å²) in [6.07, 6.45) is 2.90. The topological polar surface area (TPSA) is 109 Å². The van der Waals surface area contributed by atoms with Crippen molar-refractivity contribution in [3.63, 3.8) is 0 Å². The van der Waals surface area contributed by atoms with Crippen LogP contribution in [0.1, 0.15) is 0 Å². The van der Waals surface area contributed by atoms with E-state index in [1.807, 2.05) is 0 Å². The molecule has 8 heteroatoms. The minimum atomic E-state index is 0.287.